The van der Waals surface area contributed by atoms with Crippen molar-refractivity contribution >= 4 is 23.6 Å². The van der Waals surface area contributed by atoms with E-state index in [1.807, 2.05) is 0 Å². The lowest BCUT2D eigenvalue weighted by Gasteiger charge is -2.38. The van der Waals surface area contributed by atoms with E-state index in [9.17, 15) is 14.4 Å². The van der Waals surface area contributed by atoms with Gasteiger partial charge in [0.15, 0.2) is 0 Å². The Bertz CT molecular complexity index is 724. The molecule has 2 N–H and O–H groups in total. The highest BCUT2D eigenvalue weighted by atomic mass is 16.5. The van der Waals surface area contributed by atoms with E-state index in [-0.39, 0.29) is 23.8 Å². The first-order valence-corrected chi connectivity index (χ1v) is 10.6. The molecular formula is C22H33N3O5. The molecule has 1 saturated heterocycles. The molecule has 1 aliphatic rings. The molecule has 1 aromatic rings. The number of hydrogen-bond donors (Lipinski definition) is 2. The Hall–Kier alpha value is -2.61. The monoisotopic (exact) mass is 419 g/mol. The number of carbonyl (C=O) groups is 3. The number of likely N-dealkylation sites (tertiary alicyclic amines) is 1. The molecule has 0 saturated carbocycles. The predicted molar refractivity (Wildman–Crippen MR) is 114 cm³/mol. The Morgan fingerprint density at radius 2 is 2.00 bits per heavy atom. The molecule has 0 aromatic heterocycles. The zero-order chi connectivity index (χ0) is 21.9. The van der Waals surface area contributed by atoms with Crippen LogP contribution in [0.3, 0.4) is 0 Å². The van der Waals surface area contributed by atoms with Gasteiger partial charge in [0.2, 0.25) is 5.91 Å². The summed E-state index contributed by atoms with van der Waals surface area (Å²) in [6, 6.07) is 6.53. The van der Waals surface area contributed by atoms with Gasteiger partial charge in [-0.15, -0.1) is 0 Å². The van der Waals surface area contributed by atoms with Crippen molar-refractivity contribution < 1.29 is 23.9 Å². The highest BCUT2D eigenvalue weighted by Gasteiger charge is 2.31. The number of carbonyl (C=O) groups excluding carboxylic acids is 3. The normalized spacial score (nSPS) is 18.6. The summed E-state index contributed by atoms with van der Waals surface area (Å²) in [4.78, 5) is 38.6. The first kappa shape index (κ1) is 23.7. The van der Waals surface area contributed by atoms with E-state index < -0.39 is 5.97 Å². The number of methoxy groups -OCH3 is 1. The smallest absolute Gasteiger partial charge is 0.338 e. The fourth-order valence-electron chi connectivity index (χ4n) is 3.74. The van der Waals surface area contributed by atoms with Crippen LogP contribution in [0.15, 0.2) is 24.3 Å². The number of piperidine rings is 1. The molecule has 8 nitrogen and oxygen atoms in total. The number of rotatable bonds is 9. The SMILES string of the molecule is CCOC(=O)c1cccc(NC(=O)N2CC[C@@H](CC(=O)NCCOC)[C@H](CC)C2)c1. The first-order valence-electron chi connectivity index (χ1n) is 10.6. The molecule has 0 unspecified atom stereocenters. The van der Waals surface area contributed by atoms with E-state index in [0.29, 0.717) is 50.5 Å². The van der Waals surface area contributed by atoms with E-state index in [2.05, 4.69) is 17.6 Å². The minimum absolute atomic E-state index is 0.0316. The van der Waals surface area contributed by atoms with Gasteiger partial charge in [-0.2, -0.15) is 0 Å². The van der Waals surface area contributed by atoms with Crippen molar-refractivity contribution in [2.45, 2.75) is 33.1 Å². The second-order valence-corrected chi connectivity index (χ2v) is 7.44. The van der Waals surface area contributed by atoms with Gasteiger partial charge in [0.1, 0.15) is 0 Å². The van der Waals surface area contributed by atoms with Crippen molar-refractivity contribution in [3.63, 3.8) is 0 Å². The van der Waals surface area contributed by atoms with Crippen LogP contribution in [0.2, 0.25) is 0 Å². The van der Waals surface area contributed by atoms with E-state index >= 15 is 0 Å². The lowest BCUT2D eigenvalue weighted by molar-refractivity contribution is -0.123. The Morgan fingerprint density at radius 3 is 2.70 bits per heavy atom. The van der Waals surface area contributed by atoms with Gasteiger partial charge in [0.05, 0.1) is 18.8 Å². The van der Waals surface area contributed by atoms with Crippen molar-refractivity contribution in [3.8, 4) is 0 Å². The van der Waals surface area contributed by atoms with Gasteiger partial charge >= 0.3 is 12.0 Å². The largest absolute Gasteiger partial charge is 0.462 e. The van der Waals surface area contributed by atoms with Crippen molar-refractivity contribution in [3.05, 3.63) is 29.8 Å². The number of hydrogen-bond acceptors (Lipinski definition) is 5. The highest BCUT2D eigenvalue weighted by molar-refractivity contribution is 5.94. The van der Waals surface area contributed by atoms with Gasteiger partial charge in [-0.3, -0.25) is 4.79 Å². The standard InChI is InChI=1S/C22H33N3O5/c1-4-16-15-25(11-9-17(16)14-20(26)23-10-12-29-3)22(28)24-19-8-6-7-18(13-19)21(27)30-5-2/h6-8,13,16-17H,4-5,9-12,14-15H2,1-3H3,(H,23,26)(H,24,28)/t16-,17+/m1/s1. The Balaban J connectivity index is 1.90. The van der Waals surface area contributed by atoms with Crippen LogP contribution in [-0.4, -0.2) is 62.8 Å². The van der Waals surface area contributed by atoms with Crippen molar-refractivity contribution in [1.82, 2.24) is 10.2 Å². The summed E-state index contributed by atoms with van der Waals surface area (Å²) in [5, 5.41) is 5.74. The van der Waals surface area contributed by atoms with Crippen LogP contribution < -0.4 is 10.6 Å². The molecule has 30 heavy (non-hydrogen) atoms. The summed E-state index contributed by atoms with van der Waals surface area (Å²) in [5.41, 5.74) is 0.956. The number of urea groups is 1. The van der Waals surface area contributed by atoms with Crippen LogP contribution in [0.5, 0.6) is 0 Å². The van der Waals surface area contributed by atoms with Gasteiger partial charge in [-0.1, -0.05) is 19.4 Å². The number of nitrogens with zero attached hydrogens (tertiary/aromatic N) is 1. The number of amides is 3. The lowest BCUT2D eigenvalue weighted by Crippen LogP contribution is -2.46. The van der Waals surface area contributed by atoms with Crippen LogP contribution in [0.4, 0.5) is 10.5 Å². The van der Waals surface area contributed by atoms with Gasteiger partial charge < -0.3 is 25.0 Å². The van der Waals surface area contributed by atoms with E-state index in [0.717, 1.165) is 12.8 Å². The average molecular weight is 420 g/mol. The number of esters is 1. The molecule has 1 fully saturated rings. The topological polar surface area (TPSA) is 97.0 Å². The Morgan fingerprint density at radius 1 is 1.20 bits per heavy atom. The molecule has 2 rings (SSSR count). The molecular weight excluding hydrogens is 386 g/mol. The molecule has 0 bridgehead atoms. The van der Waals surface area contributed by atoms with Crippen LogP contribution in [0.1, 0.15) is 43.5 Å². The zero-order valence-corrected chi connectivity index (χ0v) is 18.1. The molecule has 0 spiro atoms. The molecule has 1 aromatic carbocycles. The predicted octanol–water partition coefficient (Wildman–Crippen LogP) is 2.90. The van der Waals surface area contributed by atoms with Gasteiger partial charge in [-0.25, -0.2) is 9.59 Å². The number of benzene rings is 1. The van der Waals surface area contributed by atoms with E-state index in [4.69, 9.17) is 9.47 Å². The molecule has 2 atom stereocenters. The number of ether oxygens (including phenoxy) is 2. The average Bonchev–Trinajstić information content (AvgIpc) is 2.74. The Kier molecular flexibility index (Phi) is 9.60. The third-order valence-corrected chi connectivity index (χ3v) is 5.40. The van der Waals surface area contributed by atoms with E-state index in [1.165, 1.54) is 0 Å². The number of nitrogens with one attached hydrogen (secondary N) is 2. The fourth-order valence-corrected chi connectivity index (χ4v) is 3.74. The summed E-state index contributed by atoms with van der Waals surface area (Å²) in [7, 11) is 1.60. The molecule has 0 aliphatic carbocycles. The van der Waals surface area contributed by atoms with Crippen molar-refractivity contribution in [2.24, 2.45) is 11.8 Å². The van der Waals surface area contributed by atoms with Gasteiger partial charge in [0, 0.05) is 38.9 Å². The molecule has 166 valence electrons. The third kappa shape index (κ3) is 7.02. The van der Waals surface area contributed by atoms with Crippen molar-refractivity contribution in [1.29, 1.82) is 0 Å². The van der Waals surface area contributed by atoms with Crippen LogP contribution in [0.25, 0.3) is 0 Å². The fraction of sp³-hybridized carbons (Fsp3) is 0.591. The minimum Gasteiger partial charge on any atom is -0.462 e. The van der Waals surface area contributed by atoms with Crippen LogP contribution in [-0.2, 0) is 14.3 Å². The highest BCUT2D eigenvalue weighted by Crippen LogP contribution is 2.29. The van der Waals surface area contributed by atoms with E-state index in [1.54, 1.807) is 43.2 Å². The summed E-state index contributed by atoms with van der Waals surface area (Å²) in [6.45, 7) is 6.35. The molecule has 1 aliphatic heterocycles. The Labute approximate surface area is 178 Å². The van der Waals surface area contributed by atoms with Gasteiger partial charge in [-0.05, 0) is 43.4 Å². The third-order valence-electron chi connectivity index (χ3n) is 5.40. The summed E-state index contributed by atoms with van der Waals surface area (Å²) >= 11 is 0. The number of anilines is 1. The van der Waals surface area contributed by atoms with Crippen LogP contribution >= 0.6 is 0 Å². The summed E-state index contributed by atoms with van der Waals surface area (Å²) < 4.78 is 9.96. The maximum atomic E-state index is 12.7. The maximum Gasteiger partial charge on any atom is 0.338 e. The molecule has 1 heterocycles. The second-order valence-electron chi connectivity index (χ2n) is 7.44. The van der Waals surface area contributed by atoms with Gasteiger partial charge in [0.25, 0.3) is 0 Å². The maximum absolute atomic E-state index is 12.7. The quantitative estimate of drug-likeness (QED) is 0.474. The first-order chi connectivity index (χ1) is 14.5. The minimum atomic E-state index is -0.413. The zero-order valence-electron chi connectivity index (χ0n) is 18.1. The second kappa shape index (κ2) is 12.2. The molecule has 8 heteroatoms. The molecule has 3 amide bonds. The molecule has 0 radical (unpaired) electrons. The lowest BCUT2D eigenvalue weighted by atomic mass is 9.81. The van der Waals surface area contributed by atoms with Crippen LogP contribution in [0, 0.1) is 11.8 Å². The van der Waals surface area contributed by atoms with Crippen molar-refractivity contribution in [2.75, 3.05) is 45.3 Å². The summed E-state index contributed by atoms with van der Waals surface area (Å²) in [6.07, 6.45) is 2.16. The summed E-state index contributed by atoms with van der Waals surface area (Å²) in [5.74, 6) is 0.144.